The molecular weight excluding hydrogens is 336 g/mol. The molecule has 0 aliphatic carbocycles. The Hall–Kier alpha value is -3.55. The lowest BCUT2D eigenvalue weighted by Crippen LogP contribution is -2.19. The monoisotopic (exact) mass is 354 g/mol. The van der Waals surface area contributed by atoms with Gasteiger partial charge < -0.3 is 13.9 Å². The number of hydrogen-bond donors (Lipinski definition) is 2. The van der Waals surface area contributed by atoms with E-state index in [1.165, 1.54) is 0 Å². The number of carbonyl (C=O) groups is 1. The average Bonchev–Trinajstić information content (AvgIpc) is 3.36. The maximum atomic E-state index is 12.2. The van der Waals surface area contributed by atoms with Crippen LogP contribution in [0.2, 0.25) is 0 Å². The zero-order valence-corrected chi connectivity index (χ0v) is 14.6. The van der Waals surface area contributed by atoms with E-state index in [0.717, 1.165) is 5.56 Å². The lowest BCUT2D eigenvalue weighted by Gasteiger charge is -2.09. The molecule has 0 saturated carbocycles. The summed E-state index contributed by atoms with van der Waals surface area (Å²) in [5.74, 6) is 1.37. The molecule has 2 N–H and O–H groups in total. The summed E-state index contributed by atoms with van der Waals surface area (Å²) in [6, 6.07) is 10.5. The van der Waals surface area contributed by atoms with Crippen LogP contribution >= 0.6 is 0 Å². The van der Waals surface area contributed by atoms with Crippen LogP contribution in [0.4, 0.5) is 0 Å². The van der Waals surface area contributed by atoms with Gasteiger partial charge in [-0.15, -0.1) is 0 Å². The summed E-state index contributed by atoms with van der Waals surface area (Å²) < 4.78 is 15.7. The lowest BCUT2D eigenvalue weighted by molar-refractivity contribution is 0.0950. The molecule has 0 spiro atoms. The number of amides is 1. The van der Waals surface area contributed by atoms with E-state index in [4.69, 9.17) is 13.9 Å². The quantitative estimate of drug-likeness (QED) is 0.523. The fourth-order valence-corrected chi connectivity index (χ4v) is 2.31. The summed E-state index contributed by atoms with van der Waals surface area (Å²) in [6.45, 7) is 1.78. The van der Waals surface area contributed by atoms with Crippen molar-refractivity contribution in [3.63, 3.8) is 0 Å². The minimum absolute atomic E-state index is 0.209. The van der Waals surface area contributed by atoms with Crippen molar-refractivity contribution in [2.24, 2.45) is 5.10 Å². The number of benzene rings is 1. The van der Waals surface area contributed by atoms with Gasteiger partial charge in [-0.1, -0.05) is 0 Å². The van der Waals surface area contributed by atoms with E-state index in [2.05, 4.69) is 20.7 Å². The molecule has 0 atom stereocenters. The number of carbonyl (C=O) groups excluding carboxylic acids is 1. The van der Waals surface area contributed by atoms with Crippen LogP contribution in [-0.2, 0) is 0 Å². The van der Waals surface area contributed by atoms with Gasteiger partial charge in [0.1, 0.15) is 5.69 Å². The molecular formula is C18H18N4O4. The molecule has 8 nitrogen and oxygen atoms in total. The average molecular weight is 354 g/mol. The minimum atomic E-state index is -0.432. The van der Waals surface area contributed by atoms with E-state index >= 15 is 0 Å². The van der Waals surface area contributed by atoms with Crippen LogP contribution in [0.15, 0.2) is 52.2 Å². The maximum Gasteiger partial charge on any atom is 0.291 e. The Morgan fingerprint density at radius 2 is 2.00 bits per heavy atom. The van der Waals surface area contributed by atoms with Crippen LogP contribution in [0.5, 0.6) is 11.5 Å². The summed E-state index contributed by atoms with van der Waals surface area (Å²) in [5.41, 5.74) is 4.71. The molecule has 0 aliphatic rings. The van der Waals surface area contributed by atoms with Crippen molar-refractivity contribution in [3.05, 3.63) is 53.9 Å². The highest BCUT2D eigenvalue weighted by Gasteiger charge is 2.13. The molecule has 0 saturated heterocycles. The van der Waals surface area contributed by atoms with Gasteiger partial charge in [0.2, 0.25) is 0 Å². The van der Waals surface area contributed by atoms with Gasteiger partial charge in [0.05, 0.1) is 26.2 Å². The highest BCUT2D eigenvalue weighted by molar-refractivity contribution is 6.01. The molecule has 2 heterocycles. The zero-order valence-electron chi connectivity index (χ0n) is 14.6. The van der Waals surface area contributed by atoms with Crippen molar-refractivity contribution < 1.29 is 18.7 Å². The van der Waals surface area contributed by atoms with Crippen LogP contribution in [-0.4, -0.2) is 36.0 Å². The first-order chi connectivity index (χ1) is 12.6. The van der Waals surface area contributed by atoms with Crippen LogP contribution in [0.3, 0.4) is 0 Å². The normalized spacial score (nSPS) is 11.3. The number of aromatic amines is 1. The van der Waals surface area contributed by atoms with Gasteiger partial charge in [0, 0.05) is 11.6 Å². The molecule has 0 unspecified atom stereocenters. The summed E-state index contributed by atoms with van der Waals surface area (Å²) in [6.07, 6.45) is 1.55. The molecule has 0 aliphatic heterocycles. The van der Waals surface area contributed by atoms with Crippen molar-refractivity contribution in [1.82, 2.24) is 15.6 Å². The molecule has 1 amide bonds. The second-order valence-electron chi connectivity index (χ2n) is 5.35. The molecule has 1 aromatic carbocycles. The minimum Gasteiger partial charge on any atom is -0.493 e. The second-order valence-corrected chi connectivity index (χ2v) is 5.35. The molecule has 0 fully saturated rings. The first kappa shape index (κ1) is 17.3. The van der Waals surface area contributed by atoms with Gasteiger partial charge in [-0.2, -0.15) is 10.2 Å². The first-order valence-electron chi connectivity index (χ1n) is 7.78. The molecule has 3 aromatic rings. The molecule has 0 radical (unpaired) electrons. The van der Waals surface area contributed by atoms with E-state index in [9.17, 15) is 4.79 Å². The van der Waals surface area contributed by atoms with Crippen molar-refractivity contribution in [1.29, 1.82) is 0 Å². The highest BCUT2D eigenvalue weighted by Crippen LogP contribution is 2.27. The Labute approximate surface area is 149 Å². The fourth-order valence-electron chi connectivity index (χ4n) is 2.31. The number of aromatic nitrogens is 2. The van der Waals surface area contributed by atoms with Crippen LogP contribution < -0.4 is 14.9 Å². The number of H-pyrrole nitrogens is 1. The molecule has 0 bridgehead atoms. The predicted octanol–water partition coefficient (Wildman–Crippen LogP) is 2.84. The SMILES string of the molecule is COc1ccc(/C(C)=N/NC(=O)c2cc(-c3ccco3)[nH]n2)cc1OC. The summed E-state index contributed by atoms with van der Waals surface area (Å²) in [4.78, 5) is 12.2. The smallest absolute Gasteiger partial charge is 0.291 e. The predicted molar refractivity (Wildman–Crippen MR) is 95.5 cm³/mol. The lowest BCUT2D eigenvalue weighted by atomic mass is 10.1. The van der Waals surface area contributed by atoms with Gasteiger partial charge in [-0.25, -0.2) is 5.43 Å². The number of ether oxygens (including phenoxy) is 2. The zero-order chi connectivity index (χ0) is 18.5. The van der Waals surface area contributed by atoms with Crippen LogP contribution in [0.1, 0.15) is 23.0 Å². The number of hydrogen-bond acceptors (Lipinski definition) is 6. The molecule has 134 valence electrons. The van der Waals surface area contributed by atoms with E-state index in [0.29, 0.717) is 28.7 Å². The van der Waals surface area contributed by atoms with Gasteiger partial charge in [0.25, 0.3) is 5.91 Å². The Kier molecular flexibility index (Phi) is 5.02. The Bertz CT molecular complexity index is 929. The highest BCUT2D eigenvalue weighted by atomic mass is 16.5. The summed E-state index contributed by atoms with van der Waals surface area (Å²) in [7, 11) is 3.13. The van der Waals surface area contributed by atoms with Gasteiger partial charge in [0.15, 0.2) is 23.0 Å². The fraction of sp³-hybridized carbons (Fsp3) is 0.167. The number of nitrogens with zero attached hydrogens (tertiary/aromatic N) is 2. The van der Waals surface area contributed by atoms with Gasteiger partial charge in [-0.3, -0.25) is 9.89 Å². The third-order valence-electron chi connectivity index (χ3n) is 3.72. The van der Waals surface area contributed by atoms with Crippen molar-refractivity contribution in [2.45, 2.75) is 6.92 Å². The largest absolute Gasteiger partial charge is 0.493 e. The molecule has 8 heteroatoms. The van der Waals surface area contributed by atoms with E-state index in [1.54, 1.807) is 57.7 Å². The van der Waals surface area contributed by atoms with E-state index in [1.807, 2.05) is 6.07 Å². The number of furan rings is 1. The standard InChI is InChI=1S/C18H18N4O4/c1-11(12-6-7-16(24-2)17(9-12)25-3)19-22-18(23)14-10-13(20-21-14)15-5-4-8-26-15/h4-10H,1-3H3,(H,20,21)(H,22,23)/b19-11+. The van der Waals surface area contributed by atoms with Crippen molar-refractivity contribution in [3.8, 4) is 23.0 Å². The third-order valence-corrected chi connectivity index (χ3v) is 3.72. The van der Waals surface area contributed by atoms with E-state index < -0.39 is 5.91 Å². The topological polar surface area (TPSA) is 102 Å². The third kappa shape index (κ3) is 3.59. The Balaban J connectivity index is 1.72. The second kappa shape index (κ2) is 7.56. The van der Waals surface area contributed by atoms with E-state index in [-0.39, 0.29) is 5.69 Å². The summed E-state index contributed by atoms with van der Waals surface area (Å²) in [5, 5.41) is 10.8. The van der Waals surface area contributed by atoms with Crippen molar-refractivity contribution >= 4 is 11.6 Å². The Morgan fingerprint density at radius 3 is 2.69 bits per heavy atom. The van der Waals surface area contributed by atoms with Crippen molar-refractivity contribution in [2.75, 3.05) is 14.2 Å². The van der Waals surface area contributed by atoms with Crippen LogP contribution in [0, 0.1) is 0 Å². The maximum absolute atomic E-state index is 12.2. The van der Waals surface area contributed by atoms with Gasteiger partial charge in [-0.05, 0) is 37.3 Å². The molecule has 3 rings (SSSR count). The number of nitrogens with one attached hydrogen (secondary N) is 2. The summed E-state index contributed by atoms with van der Waals surface area (Å²) >= 11 is 0. The Morgan fingerprint density at radius 1 is 1.19 bits per heavy atom. The van der Waals surface area contributed by atoms with Gasteiger partial charge >= 0.3 is 0 Å². The molecule has 2 aromatic heterocycles. The number of hydrazone groups is 1. The molecule has 26 heavy (non-hydrogen) atoms. The first-order valence-corrected chi connectivity index (χ1v) is 7.78. The number of methoxy groups -OCH3 is 2. The number of rotatable bonds is 6. The van der Waals surface area contributed by atoms with Crippen LogP contribution in [0.25, 0.3) is 11.5 Å².